The van der Waals surface area contributed by atoms with Crippen LogP contribution in [-0.2, 0) is 23.8 Å². The summed E-state index contributed by atoms with van der Waals surface area (Å²) in [6.45, 7) is 4.50. The maximum absolute atomic E-state index is 8.12. The van der Waals surface area contributed by atoms with Crippen LogP contribution in [0.25, 0.3) is 0 Å². The van der Waals surface area contributed by atoms with Crippen LogP contribution in [0, 0.1) is 6.65 Å². The molecule has 0 aromatic heterocycles. The largest absolute Gasteiger partial charge is 0 e. The minimum atomic E-state index is 0. The van der Waals surface area contributed by atoms with Crippen LogP contribution in [0.5, 0.6) is 0 Å². The third-order valence-electron chi connectivity index (χ3n) is 0. The second-order valence-corrected chi connectivity index (χ2v) is 0.167. The summed E-state index contributed by atoms with van der Waals surface area (Å²) < 4.78 is 7.50. The Kier molecular flexibility index (Phi) is 2630. The molecule has 0 amide bonds. The van der Waals surface area contributed by atoms with Crippen LogP contribution in [0.15, 0.2) is 0 Å². The Morgan fingerprint density at radius 1 is 1.00 bits per heavy atom. The number of carbonyl (C=O) groups excluding carboxylic acids is 4. The molecule has 0 aliphatic rings. The van der Waals surface area contributed by atoms with Gasteiger partial charge in [0, 0.05) is 2.85 Å². The van der Waals surface area contributed by atoms with E-state index in [-0.39, 0.29) is 20.6 Å². The van der Waals surface area contributed by atoms with Crippen molar-refractivity contribution in [3.05, 3.63) is 6.65 Å². The van der Waals surface area contributed by atoms with Crippen LogP contribution in [0.2, 0.25) is 0 Å². The first kappa shape index (κ1) is 26.0. The Morgan fingerprint density at radius 2 is 1.00 bits per heavy atom. The maximum Gasteiger partial charge on any atom is 0 e. The van der Waals surface area contributed by atoms with Crippen molar-refractivity contribution in [2.24, 2.45) is 0 Å². The normalized spacial score (nSPS) is 2.00. The van der Waals surface area contributed by atoms with Crippen LogP contribution >= 0.6 is 0 Å². The van der Waals surface area contributed by atoms with E-state index in [2.05, 4.69) is 6.65 Å². The van der Waals surface area contributed by atoms with E-state index in [4.69, 9.17) is 23.8 Å². The molecule has 0 atom stereocenters. The van der Waals surface area contributed by atoms with Gasteiger partial charge in [0.1, 0.15) is 0 Å². The fourth-order valence-corrected chi connectivity index (χ4v) is 0. The van der Waals surface area contributed by atoms with Gasteiger partial charge in [0.25, 0.3) is 0 Å². The van der Waals surface area contributed by atoms with Crippen molar-refractivity contribution in [1.82, 2.24) is 0 Å². The molecular formula is C3H6O6. The zero-order valence-corrected chi connectivity index (χ0v) is 4.04. The second kappa shape index (κ2) is 910. The molecule has 0 unspecified atom stereocenters. The Labute approximate surface area is 52.5 Å². The Morgan fingerprint density at radius 3 is 1.00 bits per heavy atom. The Balaban J connectivity index is -0.00000000764. The van der Waals surface area contributed by atoms with Gasteiger partial charge >= 0.3 is 23.6 Å². The van der Waals surface area contributed by atoms with Crippen molar-refractivity contribution in [2.45, 2.75) is 0 Å². The minimum absolute atomic E-state index is 0. The summed E-state index contributed by atoms with van der Waals surface area (Å²) >= 11 is 0. The summed E-state index contributed by atoms with van der Waals surface area (Å²) in [4.78, 5) is 32.5. The van der Waals surface area contributed by atoms with Crippen molar-refractivity contribution in [2.75, 3.05) is 0 Å². The summed E-state index contributed by atoms with van der Waals surface area (Å²) in [5.41, 5.74) is 0. The van der Waals surface area contributed by atoms with Crippen LogP contribution in [0.1, 0.15) is 2.85 Å². The standard InChI is InChI=1S/2CO2.CO.H2O.2H2/c2*2-1-3;1-2;;;/h;;;1H2;2*1H. The first-order chi connectivity index (χ1) is 3.83. The van der Waals surface area contributed by atoms with E-state index in [0.717, 1.165) is 0 Å². The molecule has 0 aromatic carbocycles. The summed E-state index contributed by atoms with van der Waals surface area (Å²) in [6.07, 6.45) is 0.500. The molecule has 2 N–H and O–H groups in total. The van der Waals surface area contributed by atoms with Crippen LogP contribution in [-0.4, -0.2) is 17.8 Å². The van der Waals surface area contributed by atoms with Gasteiger partial charge in [-0.05, 0) is 0 Å². The van der Waals surface area contributed by atoms with Crippen LogP contribution in [0.4, 0.5) is 0 Å². The van der Waals surface area contributed by atoms with Crippen LogP contribution in [0.3, 0.4) is 0 Å². The van der Waals surface area contributed by atoms with Gasteiger partial charge in [0.2, 0.25) is 0 Å². The Bertz CT molecular complexity index is 96.2. The molecule has 0 fully saturated rings. The first-order valence-corrected chi connectivity index (χ1v) is 1.02. The van der Waals surface area contributed by atoms with E-state index in [1.54, 1.807) is 0 Å². The molecule has 0 aliphatic heterocycles. The predicted octanol–water partition coefficient (Wildman–Crippen LogP) is -1.54. The van der Waals surface area contributed by atoms with Gasteiger partial charge in [-0.3, -0.25) is 0 Å². The average Bonchev–Trinajstić information content (AvgIpc) is 1.75. The molecule has 0 heterocycles. The van der Waals surface area contributed by atoms with Crippen molar-refractivity contribution in [3.63, 3.8) is 0 Å². The smallest absolute Gasteiger partial charge is 0 e. The molecule has 6 nitrogen and oxygen atoms in total. The number of hydrogen-bond acceptors (Lipinski definition) is 4. The van der Waals surface area contributed by atoms with Crippen LogP contribution < -0.4 is 0 Å². The molecule has 9 heavy (non-hydrogen) atoms. The van der Waals surface area contributed by atoms with E-state index in [1.807, 2.05) is 0 Å². The molecule has 0 rings (SSSR count). The summed E-state index contributed by atoms with van der Waals surface area (Å²) in [6, 6.07) is 0. The van der Waals surface area contributed by atoms with E-state index in [0.29, 0.717) is 0 Å². The van der Waals surface area contributed by atoms with Gasteiger partial charge in [-0.15, -0.1) is 0 Å². The van der Waals surface area contributed by atoms with Gasteiger partial charge in [0.05, 0.1) is 0 Å². The molecule has 0 saturated carbocycles. The van der Waals surface area contributed by atoms with Crippen molar-refractivity contribution >= 4 is 12.3 Å². The maximum atomic E-state index is 8.12. The summed E-state index contributed by atoms with van der Waals surface area (Å²) in [7, 11) is 0. The van der Waals surface area contributed by atoms with Crippen molar-refractivity contribution < 1.29 is 32.2 Å². The first-order valence-electron chi connectivity index (χ1n) is 1.02. The summed E-state index contributed by atoms with van der Waals surface area (Å²) in [5, 5.41) is 0. The van der Waals surface area contributed by atoms with Gasteiger partial charge in [-0.1, -0.05) is 0 Å². The third-order valence-corrected chi connectivity index (χ3v) is 0. The quantitative estimate of drug-likeness (QED) is 0.297. The predicted molar refractivity (Wildman–Crippen MR) is 21.8 cm³/mol. The molecule has 0 aromatic rings. The fourth-order valence-electron chi connectivity index (χ4n) is 0. The second-order valence-electron chi connectivity index (χ2n) is 0.167. The van der Waals surface area contributed by atoms with E-state index in [9.17, 15) is 0 Å². The molecule has 54 valence electrons. The number of rotatable bonds is 0. The third kappa shape index (κ3) is 54.2. The van der Waals surface area contributed by atoms with Crippen molar-refractivity contribution in [3.8, 4) is 0 Å². The SMILES string of the molecule is O.O=C=O.O=C=O.[C-]#[O+].[HH].[HH]. The van der Waals surface area contributed by atoms with E-state index < -0.39 is 0 Å². The number of hydrogen-bond donors (Lipinski definition) is 0. The minimum Gasteiger partial charge on any atom is 0 e. The van der Waals surface area contributed by atoms with E-state index >= 15 is 0 Å². The van der Waals surface area contributed by atoms with Gasteiger partial charge in [0.15, 0.2) is 0 Å². The van der Waals surface area contributed by atoms with E-state index in [1.165, 1.54) is 0 Å². The Hall–Kier alpha value is -1.54. The molecule has 6 heteroatoms. The van der Waals surface area contributed by atoms with Crippen molar-refractivity contribution in [1.29, 1.82) is 0 Å². The van der Waals surface area contributed by atoms with Gasteiger partial charge < -0.3 is 5.48 Å². The topological polar surface area (TPSA) is 120 Å². The zero-order valence-electron chi connectivity index (χ0n) is 4.04. The zero-order chi connectivity index (χ0) is 7.41. The average molecular weight is 138 g/mol. The molecule has 0 saturated heterocycles. The molecule has 0 radical (unpaired) electrons. The molecular weight excluding hydrogens is 132 g/mol. The monoisotopic (exact) mass is 138 g/mol. The molecule has 0 aliphatic carbocycles. The molecule has 0 bridgehead atoms. The van der Waals surface area contributed by atoms with Gasteiger partial charge in [-0.25, -0.2) is 0 Å². The fraction of sp³-hybridized carbons (Fsp3) is 0. The molecule has 0 spiro atoms. The summed E-state index contributed by atoms with van der Waals surface area (Å²) in [5.74, 6) is 0. The van der Waals surface area contributed by atoms with Gasteiger partial charge in [-0.2, -0.15) is 19.2 Å².